The molecule has 0 aliphatic heterocycles. The maximum Gasteiger partial charge on any atom is 0.339 e. The van der Waals surface area contributed by atoms with Gasteiger partial charge in [0.1, 0.15) is 5.66 Å². The van der Waals surface area contributed by atoms with E-state index < -0.39 is 25.8 Å². The topological polar surface area (TPSA) is 82.1 Å². The Morgan fingerprint density at radius 2 is 1.74 bits per heavy atom. The van der Waals surface area contributed by atoms with E-state index in [0.717, 1.165) is 0 Å². The SMILES string of the molecule is COC(=O)c1ccc(C(CO)P(=O)(OC)OC)cc1. The van der Waals surface area contributed by atoms with Crippen molar-refractivity contribution in [3.63, 3.8) is 0 Å². The monoisotopic (exact) mass is 288 g/mol. The van der Waals surface area contributed by atoms with Gasteiger partial charge in [0.2, 0.25) is 0 Å². The summed E-state index contributed by atoms with van der Waals surface area (Å²) in [6.45, 7) is -0.392. The van der Waals surface area contributed by atoms with E-state index in [4.69, 9.17) is 9.05 Å². The number of aliphatic hydroxyl groups excluding tert-OH is 1. The van der Waals surface area contributed by atoms with Crippen LogP contribution in [0.25, 0.3) is 0 Å². The van der Waals surface area contributed by atoms with E-state index in [1.165, 1.54) is 33.5 Å². The fraction of sp³-hybridized carbons (Fsp3) is 0.417. The third kappa shape index (κ3) is 3.42. The van der Waals surface area contributed by atoms with Gasteiger partial charge < -0.3 is 18.9 Å². The number of aliphatic hydroxyl groups is 1. The van der Waals surface area contributed by atoms with Crippen molar-refractivity contribution in [2.24, 2.45) is 0 Å². The zero-order valence-electron chi connectivity index (χ0n) is 11.0. The Kier molecular flexibility index (Phi) is 5.69. The zero-order chi connectivity index (χ0) is 14.5. The molecule has 0 saturated carbocycles. The van der Waals surface area contributed by atoms with Crippen LogP contribution in [0.3, 0.4) is 0 Å². The summed E-state index contributed by atoms with van der Waals surface area (Å²) in [5.41, 5.74) is 0.129. The molecule has 0 spiro atoms. The first-order valence-corrected chi connectivity index (χ1v) is 7.14. The summed E-state index contributed by atoms with van der Waals surface area (Å²) in [6, 6.07) is 6.22. The van der Waals surface area contributed by atoms with Gasteiger partial charge in [0.25, 0.3) is 0 Å². The molecule has 0 fully saturated rings. The lowest BCUT2D eigenvalue weighted by atomic mass is 10.1. The zero-order valence-corrected chi connectivity index (χ0v) is 11.9. The highest BCUT2D eigenvalue weighted by Gasteiger charge is 2.34. The van der Waals surface area contributed by atoms with E-state index in [1.807, 2.05) is 0 Å². The first-order chi connectivity index (χ1) is 9.02. The van der Waals surface area contributed by atoms with Crippen LogP contribution >= 0.6 is 7.60 Å². The van der Waals surface area contributed by atoms with Crippen molar-refractivity contribution in [2.45, 2.75) is 5.66 Å². The van der Waals surface area contributed by atoms with Crippen molar-refractivity contribution in [1.82, 2.24) is 0 Å². The molecule has 7 heteroatoms. The third-order valence-corrected chi connectivity index (χ3v) is 5.02. The summed E-state index contributed by atoms with van der Waals surface area (Å²) in [4.78, 5) is 11.3. The van der Waals surface area contributed by atoms with Crippen LogP contribution in [-0.4, -0.2) is 39.0 Å². The van der Waals surface area contributed by atoms with Crippen molar-refractivity contribution >= 4 is 13.6 Å². The minimum absolute atomic E-state index is 0.368. The lowest BCUT2D eigenvalue weighted by Crippen LogP contribution is -2.09. The van der Waals surface area contributed by atoms with Crippen molar-refractivity contribution in [3.8, 4) is 0 Å². The van der Waals surface area contributed by atoms with E-state index in [-0.39, 0.29) is 0 Å². The quantitative estimate of drug-likeness (QED) is 0.636. The molecule has 1 atom stereocenters. The second-order valence-electron chi connectivity index (χ2n) is 3.72. The molecular formula is C12H17O6P. The van der Waals surface area contributed by atoms with E-state index in [0.29, 0.717) is 11.1 Å². The van der Waals surface area contributed by atoms with Gasteiger partial charge in [-0.3, -0.25) is 4.57 Å². The van der Waals surface area contributed by atoms with Gasteiger partial charge in [0.15, 0.2) is 0 Å². The minimum atomic E-state index is -3.43. The molecule has 0 aromatic heterocycles. The lowest BCUT2D eigenvalue weighted by molar-refractivity contribution is 0.0600. The van der Waals surface area contributed by atoms with Crippen LogP contribution in [0.2, 0.25) is 0 Å². The molecule has 0 amide bonds. The summed E-state index contributed by atoms with van der Waals surface area (Å²) in [5, 5.41) is 9.38. The average Bonchev–Trinajstić information content (AvgIpc) is 2.47. The molecule has 0 saturated heterocycles. The molecule has 1 rings (SSSR count). The number of hydrogen-bond acceptors (Lipinski definition) is 6. The summed E-state index contributed by atoms with van der Waals surface area (Å²) < 4.78 is 26.6. The maximum absolute atomic E-state index is 12.3. The number of hydrogen-bond donors (Lipinski definition) is 1. The number of methoxy groups -OCH3 is 1. The van der Waals surface area contributed by atoms with Gasteiger partial charge in [-0.25, -0.2) is 4.79 Å². The van der Waals surface area contributed by atoms with Crippen molar-refractivity contribution < 1.29 is 28.3 Å². The van der Waals surface area contributed by atoms with Gasteiger partial charge in [0.05, 0.1) is 19.3 Å². The van der Waals surface area contributed by atoms with Gasteiger partial charge in [-0.2, -0.15) is 0 Å². The number of rotatable bonds is 6. The number of carbonyl (C=O) groups is 1. The second kappa shape index (κ2) is 6.82. The van der Waals surface area contributed by atoms with Crippen LogP contribution in [-0.2, 0) is 18.3 Å². The van der Waals surface area contributed by atoms with Crippen LogP contribution in [0.15, 0.2) is 24.3 Å². The third-order valence-electron chi connectivity index (χ3n) is 2.78. The molecule has 0 aliphatic rings. The van der Waals surface area contributed by atoms with E-state index in [2.05, 4.69) is 4.74 Å². The maximum atomic E-state index is 12.3. The highest BCUT2D eigenvalue weighted by atomic mass is 31.2. The standard InChI is InChI=1S/C12H17O6P/c1-16-12(14)10-6-4-9(5-7-10)11(8-13)19(15,17-2)18-3/h4-7,11,13H,8H2,1-3H3. The van der Waals surface area contributed by atoms with Gasteiger partial charge in [0, 0.05) is 14.2 Å². The molecule has 19 heavy (non-hydrogen) atoms. The molecule has 0 radical (unpaired) electrons. The molecule has 1 unspecified atom stereocenters. The molecule has 1 aromatic rings. The fourth-order valence-corrected chi connectivity index (χ4v) is 3.07. The van der Waals surface area contributed by atoms with E-state index >= 15 is 0 Å². The molecule has 106 valence electrons. The second-order valence-corrected chi connectivity index (χ2v) is 6.15. The van der Waals surface area contributed by atoms with E-state index in [1.54, 1.807) is 12.1 Å². The summed E-state index contributed by atoms with van der Waals surface area (Å²) in [6.07, 6.45) is 0. The van der Waals surface area contributed by atoms with Crippen LogP contribution in [0.1, 0.15) is 21.6 Å². The summed E-state index contributed by atoms with van der Waals surface area (Å²) >= 11 is 0. The molecule has 1 N–H and O–H groups in total. The Balaban J connectivity index is 3.07. The Labute approximate surface area is 111 Å². The number of ether oxygens (including phenoxy) is 1. The smallest absolute Gasteiger partial charge is 0.339 e. The van der Waals surface area contributed by atoms with Crippen molar-refractivity contribution in [1.29, 1.82) is 0 Å². The molecule has 0 bridgehead atoms. The van der Waals surface area contributed by atoms with Gasteiger partial charge in [-0.15, -0.1) is 0 Å². The highest BCUT2D eigenvalue weighted by molar-refractivity contribution is 7.54. The molecule has 1 aromatic carbocycles. The molecule has 6 nitrogen and oxygen atoms in total. The number of esters is 1. The number of benzene rings is 1. The molecule has 0 aliphatic carbocycles. The van der Waals surface area contributed by atoms with Crippen LogP contribution in [0, 0.1) is 0 Å². The molecule has 0 heterocycles. The lowest BCUT2D eigenvalue weighted by Gasteiger charge is -2.22. The van der Waals surface area contributed by atoms with Gasteiger partial charge in [-0.1, -0.05) is 12.1 Å². The predicted molar refractivity (Wildman–Crippen MR) is 69.2 cm³/mol. The number of carbonyl (C=O) groups excluding carboxylic acids is 1. The van der Waals surface area contributed by atoms with Gasteiger partial charge >= 0.3 is 13.6 Å². The predicted octanol–water partition coefficient (Wildman–Crippen LogP) is 1.99. The Morgan fingerprint density at radius 3 is 2.11 bits per heavy atom. The Hall–Kier alpha value is -1.20. The first kappa shape index (κ1) is 15.9. The average molecular weight is 288 g/mol. The Morgan fingerprint density at radius 1 is 1.21 bits per heavy atom. The summed E-state index contributed by atoms with van der Waals surface area (Å²) in [7, 11) is 0.383. The highest BCUT2D eigenvalue weighted by Crippen LogP contribution is 2.59. The minimum Gasteiger partial charge on any atom is -0.465 e. The fourth-order valence-electron chi connectivity index (χ4n) is 1.68. The van der Waals surface area contributed by atoms with E-state index in [9.17, 15) is 14.5 Å². The largest absolute Gasteiger partial charge is 0.465 e. The first-order valence-electron chi connectivity index (χ1n) is 5.52. The van der Waals surface area contributed by atoms with Crippen molar-refractivity contribution in [2.75, 3.05) is 27.9 Å². The van der Waals surface area contributed by atoms with Crippen LogP contribution in [0.5, 0.6) is 0 Å². The Bertz CT molecular complexity index is 462. The van der Waals surface area contributed by atoms with Crippen LogP contribution in [0.4, 0.5) is 0 Å². The van der Waals surface area contributed by atoms with Crippen LogP contribution < -0.4 is 0 Å². The normalized spacial score (nSPS) is 13.1. The molecular weight excluding hydrogens is 271 g/mol. The van der Waals surface area contributed by atoms with Crippen molar-refractivity contribution in [3.05, 3.63) is 35.4 Å². The van der Waals surface area contributed by atoms with Gasteiger partial charge in [-0.05, 0) is 17.7 Å². The summed E-state index contributed by atoms with van der Waals surface area (Å²) in [5.74, 6) is -0.464.